The van der Waals surface area contributed by atoms with Gasteiger partial charge in [0.25, 0.3) is 5.91 Å². The maximum absolute atomic E-state index is 12.7. The zero-order valence-corrected chi connectivity index (χ0v) is 17.0. The van der Waals surface area contributed by atoms with Crippen LogP contribution in [-0.2, 0) is 14.6 Å². The zero-order chi connectivity index (χ0) is 20.7. The second kappa shape index (κ2) is 9.57. The minimum atomic E-state index is -3.32. The Hall–Kier alpha value is -2.58. The van der Waals surface area contributed by atoms with Crippen molar-refractivity contribution in [1.29, 1.82) is 0 Å². The van der Waals surface area contributed by atoms with E-state index < -0.39 is 27.7 Å². The molecule has 0 aromatic heterocycles. The third kappa shape index (κ3) is 6.54. The number of rotatable bonds is 8. The smallest absolute Gasteiger partial charge is 0.255 e. The minimum Gasteiger partial charge on any atom is -0.496 e. The van der Waals surface area contributed by atoms with Gasteiger partial charge < -0.3 is 15.4 Å². The number of methoxy groups -OCH3 is 1. The molecule has 1 unspecified atom stereocenters. The molecule has 0 saturated heterocycles. The molecule has 0 spiro atoms. The van der Waals surface area contributed by atoms with Crippen LogP contribution in [0.25, 0.3) is 0 Å². The van der Waals surface area contributed by atoms with Crippen LogP contribution in [0.2, 0.25) is 5.02 Å². The summed E-state index contributed by atoms with van der Waals surface area (Å²) in [7, 11) is -1.89. The van der Waals surface area contributed by atoms with Gasteiger partial charge in [0.2, 0.25) is 5.91 Å². The first kappa shape index (κ1) is 21.7. The van der Waals surface area contributed by atoms with Crippen molar-refractivity contribution in [2.24, 2.45) is 0 Å². The number of amides is 2. The molecule has 28 heavy (non-hydrogen) atoms. The first-order valence-electron chi connectivity index (χ1n) is 8.37. The standard InChI is InChI=1S/C19H21ClN2O5S/c1-27-17-9-4-3-8-15(17)18(23)22-16(10-11-28(2,25)26)19(24)21-14-7-5-6-13(20)12-14/h3-9,12,16H,10-11H2,1-2H3,(H,21,24)(H,22,23). The summed E-state index contributed by atoms with van der Waals surface area (Å²) in [6.45, 7) is 0. The molecule has 0 heterocycles. The summed E-state index contributed by atoms with van der Waals surface area (Å²) in [6.07, 6.45) is 0.993. The summed E-state index contributed by atoms with van der Waals surface area (Å²) in [5.41, 5.74) is 0.679. The van der Waals surface area contributed by atoms with E-state index >= 15 is 0 Å². The monoisotopic (exact) mass is 424 g/mol. The van der Waals surface area contributed by atoms with E-state index in [1.54, 1.807) is 48.5 Å². The predicted molar refractivity (Wildman–Crippen MR) is 109 cm³/mol. The molecular formula is C19H21ClN2O5S. The Morgan fingerprint density at radius 3 is 2.50 bits per heavy atom. The molecule has 0 aliphatic carbocycles. The highest BCUT2D eigenvalue weighted by molar-refractivity contribution is 7.90. The van der Waals surface area contributed by atoms with Crippen LogP contribution in [0, 0.1) is 0 Å². The van der Waals surface area contributed by atoms with Crippen LogP contribution in [0.1, 0.15) is 16.8 Å². The van der Waals surface area contributed by atoms with E-state index in [1.807, 2.05) is 0 Å². The Kier molecular flexibility index (Phi) is 7.42. The predicted octanol–water partition coefficient (Wildman–Crippen LogP) is 2.52. The third-order valence-corrected chi connectivity index (χ3v) is 5.06. The SMILES string of the molecule is COc1ccccc1C(=O)NC(CCS(C)(=O)=O)C(=O)Nc1cccc(Cl)c1. The molecular weight excluding hydrogens is 404 g/mol. The molecule has 2 aromatic carbocycles. The van der Waals surface area contributed by atoms with Gasteiger partial charge in [0.15, 0.2) is 0 Å². The molecule has 0 radical (unpaired) electrons. The Bertz CT molecular complexity index is 962. The molecule has 2 rings (SSSR count). The molecule has 0 bridgehead atoms. The molecule has 1 atom stereocenters. The molecule has 0 aliphatic rings. The number of anilines is 1. The fourth-order valence-corrected chi connectivity index (χ4v) is 3.32. The van der Waals surface area contributed by atoms with E-state index in [1.165, 1.54) is 7.11 Å². The summed E-state index contributed by atoms with van der Waals surface area (Å²) < 4.78 is 28.2. The van der Waals surface area contributed by atoms with Crippen molar-refractivity contribution in [2.75, 3.05) is 24.4 Å². The Morgan fingerprint density at radius 2 is 1.86 bits per heavy atom. The van der Waals surface area contributed by atoms with Crippen molar-refractivity contribution in [3.05, 3.63) is 59.1 Å². The number of para-hydroxylation sites is 1. The average Bonchev–Trinajstić information content (AvgIpc) is 2.64. The summed E-state index contributed by atoms with van der Waals surface area (Å²) in [4.78, 5) is 25.3. The number of sulfone groups is 1. The molecule has 0 aliphatic heterocycles. The lowest BCUT2D eigenvalue weighted by atomic mass is 10.1. The van der Waals surface area contributed by atoms with E-state index in [-0.39, 0.29) is 17.7 Å². The number of carbonyl (C=O) groups is 2. The van der Waals surface area contributed by atoms with Crippen LogP contribution in [-0.4, -0.2) is 45.4 Å². The Morgan fingerprint density at radius 1 is 1.14 bits per heavy atom. The highest BCUT2D eigenvalue weighted by Gasteiger charge is 2.24. The minimum absolute atomic E-state index is 0.0773. The van der Waals surface area contributed by atoms with Crippen LogP contribution in [0.4, 0.5) is 5.69 Å². The van der Waals surface area contributed by atoms with Crippen molar-refractivity contribution >= 4 is 38.9 Å². The lowest BCUT2D eigenvalue weighted by molar-refractivity contribution is -0.118. The quantitative estimate of drug-likeness (QED) is 0.678. The van der Waals surface area contributed by atoms with Gasteiger partial charge in [0.05, 0.1) is 18.4 Å². The lowest BCUT2D eigenvalue weighted by Gasteiger charge is -2.19. The van der Waals surface area contributed by atoms with Crippen molar-refractivity contribution in [3.63, 3.8) is 0 Å². The van der Waals surface area contributed by atoms with E-state index in [4.69, 9.17) is 16.3 Å². The van der Waals surface area contributed by atoms with Crippen molar-refractivity contribution in [3.8, 4) is 5.75 Å². The first-order chi connectivity index (χ1) is 13.2. The molecule has 150 valence electrons. The average molecular weight is 425 g/mol. The van der Waals surface area contributed by atoms with Crippen LogP contribution >= 0.6 is 11.6 Å². The fourth-order valence-electron chi connectivity index (χ4n) is 2.46. The van der Waals surface area contributed by atoms with Crippen LogP contribution < -0.4 is 15.4 Å². The summed E-state index contributed by atoms with van der Waals surface area (Å²) >= 11 is 5.91. The Labute approximate surface area is 169 Å². The number of nitrogens with one attached hydrogen (secondary N) is 2. The number of halogens is 1. The number of hydrogen-bond acceptors (Lipinski definition) is 5. The van der Waals surface area contributed by atoms with Gasteiger partial charge in [-0.3, -0.25) is 9.59 Å². The number of ether oxygens (including phenoxy) is 1. The van der Waals surface area contributed by atoms with Crippen molar-refractivity contribution < 1.29 is 22.7 Å². The molecule has 2 aromatic rings. The Balaban J connectivity index is 2.20. The summed E-state index contributed by atoms with van der Waals surface area (Å²) in [5.74, 6) is -1.00. The maximum Gasteiger partial charge on any atom is 0.255 e. The van der Waals surface area contributed by atoms with Gasteiger partial charge in [-0.25, -0.2) is 8.42 Å². The zero-order valence-electron chi connectivity index (χ0n) is 15.4. The second-order valence-corrected chi connectivity index (χ2v) is 8.84. The normalized spacial score (nSPS) is 12.1. The summed E-state index contributed by atoms with van der Waals surface area (Å²) in [5, 5.41) is 5.66. The fraction of sp³-hybridized carbons (Fsp3) is 0.263. The molecule has 0 saturated carbocycles. The van der Waals surface area contributed by atoms with Gasteiger partial charge in [0.1, 0.15) is 21.6 Å². The van der Waals surface area contributed by atoms with Crippen LogP contribution in [0.5, 0.6) is 5.75 Å². The van der Waals surface area contributed by atoms with E-state index in [0.717, 1.165) is 6.26 Å². The highest BCUT2D eigenvalue weighted by atomic mass is 35.5. The van der Waals surface area contributed by atoms with Gasteiger partial charge >= 0.3 is 0 Å². The summed E-state index contributed by atoms with van der Waals surface area (Å²) in [6, 6.07) is 12.0. The molecule has 0 fully saturated rings. The lowest BCUT2D eigenvalue weighted by Crippen LogP contribution is -2.44. The molecule has 2 amide bonds. The molecule has 7 nitrogen and oxygen atoms in total. The maximum atomic E-state index is 12.7. The van der Waals surface area contributed by atoms with Gasteiger partial charge in [-0.15, -0.1) is 0 Å². The van der Waals surface area contributed by atoms with Crippen LogP contribution in [0.3, 0.4) is 0 Å². The van der Waals surface area contributed by atoms with E-state index in [2.05, 4.69) is 10.6 Å². The number of carbonyl (C=O) groups excluding carboxylic acids is 2. The number of benzene rings is 2. The molecule has 9 heteroatoms. The van der Waals surface area contributed by atoms with Gasteiger partial charge in [-0.1, -0.05) is 29.8 Å². The highest BCUT2D eigenvalue weighted by Crippen LogP contribution is 2.18. The van der Waals surface area contributed by atoms with Crippen molar-refractivity contribution in [1.82, 2.24) is 5.32 Å². The van der Waals surface area contributed by atoms with Crippen molar-refractivity contribution in [2.45, 2.75) is 12.5 Å². The van der Waals surface area contributed by atoms with Crippen LogP contribution in [0.15, 0.2) is 48.5 Å². The van der Waals surface area contributed by atoms with Gasteiger partial charge in [0, 0.05) is 17.0 Å². The largest absolute Gasteiger partial charge is 0.496 e. The second-order valence-electron chi connectivity index (χ2n) is 6.14. The molecule has 2 N–H and O–H groups in total. The van der Waals surface area contributed by atoms with E-state index in [9.17, 15) is 18.0 Å². The van der Waals surface area contributed by atoms with Gasteiger partial charge in [-0.05, 0) is 36.8 Å². The van der Waals surface area contributed by atoms with Gasteiger partial charge in [-0.2, -0.15) is 0 Å². The number of hydrogen-bond donors (Lipinski definition) is 2. The van der Waals surface area contributed by atoms with E-state index in [0.29, 0.717) is 16.5 Å². The topological polar surface area (TPSA) is 102 Å². The first-order valence-corrected chi connectivity index (χ1v) is 10.8. The third-order valence-electron chi connectivity index (χ3n) is 3.84.